The van der Waals surface area contributed by atoms with Crippen LogP contribution in [-0.4, -0.2) is 27.3 Å². The van der Waals surface area contributed by atoms with Gasteiger partial charge >= 0.3 is 0 Å². The molecule has 3 N–H and O–H groups in total. The summed E-state index contributed by atoms with van der Waals surface area (Å²) in [7, 11) is 0. The summed E-state index contributed by atoms with van der Waals surface area (Å²) in [6, 6.07) is 5.27. The van der Waals surface area contributed by atoms with E-state index < -0.39 is 0 Å². The molecule has 2 atom stereocenters. The van der Waals surface area contributed by atoms with Crippen molar-refractivity contribution >= 4 is 26.7 Å². The zero-order valence-electron chi connectivity index (χ0n) is 9.97. The van der Waals surface area contributed by atoms with Crippen molar-refractivity contribution in [1.82, 2.24) is 4.98 Å². The van der Waals surface area contributed by atoms with Crippen molar-refractivity contribution in [2.24, 2.45) is 0 Å². The van der Waals surface area contributed by atoms with E-state index in [2.05, 4.69) is 10.3 Å². The van der Waals surface area contributed by atoms with Gasteiger partial charge in [0, 0.05) is 0 Å². The van der Waals surface area contributed by atoms with Crippen LogP contribution >= 0.6 is 11.3 Å². The molecule has 96 valence electrons. The molecule has 2 aromatic rings. The number of aromatic nitrogens is 1. The number of hydrogen-bond donors (Lipinski definition) is 3. The first-order chi connectivity index (χ1) is 8.72. The molecular formula is C13H16N2O2S. The molecule has 18 heavy (non-hydrogen) atoms. The molecule has 0 unspecified atom stereocenters. The summed E-state index contributed by atoms with van der Waals surface area (Å²) in [6.07, 6.45) is 3.83. The number of aromatic hydroxyl groups is 1. The highest BCUT2D eigenvalue weighted by atomic mass is 32.1. The largest absolute Gasteiger partial charge is 0.508 e. The van der Waals surface area contributed by atoms with Crippen molar-refractivity contribution in [1.29, 1.82) is 0 Å². The average Bonchev–Trinajstić information content (AvgIpc) is 2.73. The minimum atomic E-state index is -0.279. The van der Waals surface area contributed by atoms with Crippen molar-refractivity contribution < 1.29 is 10.2 Å². The van der Waals surface area contributed by atoms with Crippen LogP contribution in [0.4, 0.5) is 5.13 Å². The predicted molar refractivity (Wildman–Crippen MR) is 73.2 cm³/mol. The fourth-order valence-corrected chi connectivity index (χ4v) is 3.37. The van der Waals surface area contributed by atoms with Gasteiger partial charge in [-0.3, -0.25) is 0 Å². The maximum Gasteiger partial charge on any atom is 0.184 e. The molecule has 4 nitrogen and oxygen atoms in total. The molecule has 1 aliphatic rings. The molecule has 5 heteroatoms. The molecule has 1 aromatic heterocycles. The van der Waals surface area contributed by atoms with E-state index in [4.69, 9.17) is 0 Å². The summed E-state index contributed by atoms with van der Waals surface area (Å²) >= 11 is 1.51. The van der Waals surface area contributed by atoms with Crippen molar-refractivity contribution in [3.8, 4) is 5.75 Å². The van der Waals surface area contributed by atoms with Gasteiger partial charge in [0.05, 0.1) is 22.4 Å². The predicted octanol–water partition coefficient (Wildman–Crippen LogP) is 2.72. The number of hydrogen-bond acceptors (Lipinski definition) is 5. The number of thiazole rings is 1. The van der Waals surface area contributed by atoms with Gasteiger partial charge in [0.1, 0.15) is 5.75 Å². The molecule has 0 radical (unpaired) electrons. The van der Waals surface area contributed by atoms with Gasteiger partial charge in [-0.2, -0.15) is 0 Å². The molecule has 0 bridgehead atoms. The molecule has 0 saturated heterocycles. The number of aliphatic hydroxyl groups excluding tert-OH is 1. The van der Waals surface area contributed by atoms with Crippen molar-refractivity contribution in [3.63, 3.8) is 0 Å². The number of phenols is 1. The second-order valence-corrected chi connectivity index (χ2v) is 5.80. The highest BCUT2D eigenvalue weighted by Crippen LogP contribution is 2.30. The van der Waals surface area contributed by atoms with Gasteiger partial charge in [0.2, 0.25) is 0 Å². The first-order valence-corrected chi connectivity index (χ1v) is 7.08. The highest BCUT2D eigenvalue weighted by molar-refractivity contribution is 7.22. The van der Waals surface area contributed by atoms with Crippen molar-refractivity contribution in [2.75, 3.05) is 5.32 Å². The van der Waals surface area contributed by atoms with Crippen LogP contribution in [0.1, 0.15) is 25.7 Å². The fraction of sp³-hybridized carbons (Fsp3) is 0.462. The molecule has 1 saturated carbocycles. The normalized spacial score (nSPS) is 24.3. The first kappa shape index (κ1) is 11.7. The molecule has 1 aromatic carbocycles. The Morgan fingerprint density at radius 3 is 2.94 bits per heavy atom. The van der Waals surface area contributed by atoms with E-state index in [1.165, 1.54) is 11.3 Å². The van der Waals surface area contributed by atoms with Gasteiger partial charge in [0.15, 0.2) is 5.13 Å². The third kappa shape index (κ3) is 2.28. The Morgan fingerprint density at radius 1 is 1.28 bits per heavy atom. The van der Waals surface area contributed by atoms with Crippen LogP contribution in [0.3, 0.4) is 0 Å². The second kappa shape index (κ2) is 4.74. The Bertz CT molecular complexity index is 555. The number of nitrogens with one attached hydrogen (secondary N) is 1. The molecular weight excluding hydrogens is 248 g/mol. The zero-order chi connectivity index (χ0) is 12.5. The minimum Gasteiger partial charge on any atom is -0.508 e. The quantitative estimate of drug-likeness (QED) is 0.780. The number of benzene rings is 1. The van der Waals surface area contributed by atoms with Crippen molar-refractivity contribution in [3.05, 3.63) is 18.2 Å². The lowest BCUT2D eigenvalue weighted by Gasteiger charge is -2.27. The van der Waals surface area contributed by atoms with Crippen molar-refractivity contribution in [2.45, 2.75) is 37.8 Å². The van der Waals surface area contributed by atoms with Crippen LogP contribution in [0, 0.1) is 0 Å². The number of aliphatic hydroxyl groups is 1. The molecule has 1 aliphatic carbocycles. The molecule has 0 spiro atoms. The zero-order valence-corrected chi connectivity index (χ0v) is 10.8. The first-order valence-electron chi connectivity index (χ1n) is 6.26. The summed E-state index contributed by atoms with van der Waals surface area (Å²) in [5.74, 6) is 0.260. The average molecular weight is 264 g/mol. The van der Waals surface area contributed by atoms with Gasteiger partial charge in [-0.15, -0.1) is 0 Å². The van der Waals surface area contributed by atoms with E-state index in [0.29, 0.717) is 0 Å². The standard InChI is InChI=1S/C13H16N2O2S/c16-8-5-6-10-12(7-8)18-13(15-10)14-9-3-1-2-4-11(9)17/h5-7,9,11,16-17H,1-4H2,(H,14,15)/t9-,11-/m1/s1. The van der Waals surface area contributed by atoms with E-state index in [-0.39, 0.29) is 17.9 Å². The molecule has 0 aliphatic heterocycles. The molecule has 1 heterocycles. The van der Waals surface area contributed by atoms with Gasteiger partial charge in [-0.1, -0.05) is 24.2 Å². The topological polar surface area (TPSA) is 65.4 Å². The minimum absolute atomic E-state index is 0.105. The second-order valence-electron chi connectivity index (χ2n) is 4.77. The van der Waals surface area contributed by atoms with Gasteiger partial charge in [-0.05, 0) is 31.0 Å². The van der Waals surface area contributed by atoms with Crippen LogP contribution in [0.25, 0.3) is 10.2 Å². The highest BCUT2D eigenvalue weighted by Gasteiger charge is 2.23. The molecule has 1 fully saturated rings. The third-order valence-corrected chi connectivity index (χ3v) is 4.36. The van der Waals surface area contributed by atoms with Gasteiger partial charge < -0.3 is 15.5 Å². The monoisotopic (exact) mass is 264 g/mol. The van der Waals surface area contributed by atoms with Gasteiger partial charge in [-0.25, -0.2) is 4.98 Å². The summed E-state index contributed by atoms with van der Waals surface area (Å²) < 4.78 is 0.961. The van der Waals surface area contributed by atoms with E-state index in [1.807, 2.05) is 6.07 Å². The fourth-order valence-electron chi connectivity index (χ4n) is 2.41. The Morgan fingerprint density at radius 2 is 2.11 bits per heavy atom. The summed E-state index contributed by atoms with van der Waals surface area (Å²) in [5.41, 5.74) is 0.880. The van der Waals surface area contributed by atoms with Gasteiger partial charge in [0.25, 0.3) is 0 Å². The van der Waals surface area contributed by atoms with Crippen LogP contribution in [0.5, 0.6) is 5.75 Å². The number of anilines is 1. The Labute approximate surface area is 109 Å². The van der Waals surface area contributed by atoms with Crippen LogP contribution in [-0.2, 0) is 0 Å². The van der Waals surface area contributed by atoms with Crippen LogP contribution in [0.2, 0.25) is 0 Å². The SMILES string of the molecule is Oc1ccc2nc(N[C@@H]3CCCC[C@H]3O)sc2c1. The smallest absolute Gasteiger partial charge is 0.184 e. The Hall–Kier alpha value is -1.33. The Kier molecular flexibility index (Phi) is 3.09. The number of phenolic OH excluding ortho intramolecular Hbond substituents is 1. The van der Waals surface area contributed by atoms with E-state index in [0.717, 1.165) is 41.0 Å². The van der Waals surface area contributed by atoms with Crippen LogP contribution < -0.4 is 5.32 Å². The maximum atomic E-state index is 9.92. The third-order valence-electron chi connectivity index (χ3n) is 3.41. The van der Waals surface area contributed by atoms with E-state index >= 15 is 0 Å². The summed E-state index contributed by atoms with van der Waals surface area (Å²) in [4.78, 5) is 4.47. The lowest BCUT2D eigenvalue weighted by atomic mass is 9.93. The molecule has 3 rings (SSSR count). The Balaban J connectivity index is 1.81. The number of fused-ring (bicyclic) bond motifs is 1. The molecule has 0 amide bonds. The number of nitrogens with zero attached hydrogens (tertiary/aromatic N) is 1. The van der Waals surface area contributed by atoms with Crippen LogP contribution in [0.15, 0.2) is 18.2 Å². The lowest BCUT2D eigenvalue weighted by molar-refractivity contribution is 0.116. The summed E-state index contributed by atoms with van der Waals surface area (Å²) in [5, 5.41) is 23.5. The summed E-state index contributed by atoms with van der Waals surface area (Å²) in [6.45, 7) is 0. The van der Waals surface area contributed by atoms with E-state index in [1.54, 1.807) is 12.1 Å². The lowest BCUT2D eigenvalue weighted by Crippen LogP contribution is -2.36. The van der Waals surface area contributed by atoms with E-state index in [9.17, 15) is 10.2 Å². The number of rotatable bonds is 2. The maximum absolute atomic E-state index is 9.92.